The molecule has 0 saturated heterocycles. The van der Waals surface area contributed by atoms with E-state index in [1.54, 1.807) is 11.3 Å². The van der Waals surface area contributed by atoms with E-state index in [4.69, 9.17) is 0 Å². The van der Waals surface area contributed by atoms with Crippen LogP contribution in [0.3, 0.4) is 0 Å². The summed E-state index contributed by atoms with van der Waals surface area (Å²) in [5.41, 5.74) is 2.71. The van der Waals surface area contributed by atoms with E-state index >= 15 is 0 Å². The quantitative estimate of drug-likeness (QED) is 0.855. The number of carboxylic acids is 2. The SMILES string of the molecule is O=C(O)C(C(=O)O)C1c2ccccc2CCc2sccc21. The van der Waals surface area contributed by atoms with Gasteiger partial charge < -0.3 is 10.2 Å². The zero-order valence-corrected chi connectivity index (χ0v) is 12.0. The van der Waals surface area contributed by atoms with Crippen LogP contribution in [0.1, 0.15) is 27.5 Å². The Morgan fingerprint density at radius 3 is 2.48 bits per heavy atom. The topological polar surface area (TPSA) is 74.6 Å². The monoisotopic (exact) mass is 302 g/mol. The molecule has 1 aliphatic rings. The highest BCUT2D eigenvalue weighted by molar-refractivity contribution is 7.10. The first-order valence-corrected chi connectivity index (χ1v) is 7.57. The van der Waals surface area contributed by atoms with Gasteiger partial charge in [-0.25, -0.2) is 0 Å². The van der Waals surface area contributed by atoms with Crippen LogP contribution in [0.15, 0.2) is 35.7 Å². The maximum atomic E-state index is 11.5. The van der Waals surface area contributed by atoms with Crippen LogP contribution >= 0.6 is 11.3 Å². The number of aryl methyl sites for hydroxylation is 2. The summed E-state index contributed by atoms with van der Waals surface area (Å²) in [5.74, 6) is -4.67. The predicted molar refractivity (Wildman–Crippen MR) is 78.8 cm³/mol. The third-order valence-corrected chi connectivity index (χ3v) is 4.99. The van der Waals surface area contributed by atoms with Gasteiger partial charge in [-0.1, -0.05) is 24.3 Å². The summed E-state index contributed by atoms with van der Waals surface area (Å²) < 4.78 is 0. The summed E-state index contributed by atoms with van der Waals surface area (Å²) in [6, 6.07) is 9.42. The van der Waals surface area contributed by atoms with Gasteiger partial charge in [0.05, 0.1) is 0 Å². The number of carbonyl (C=O) groups is 2. The Labute approximate surface area is 125 Å². The fraction of sp³-hybridized carbons (Fsp3) is 0.250. The van der Waals surface area contributed by atoms with Crippen molar-refractivity contribution in [3.63, 3.8) is 0 Å². The molecule has 1 atom stereocenters. The molecule has 1 unspecified atom stereocenters. The number of benzene rings is 1. The predicted octanol–water partition coefficient (Wildman–Crippen LogP) is 2.76. The van der Waals surface area contributed by atoms with Crippen LogP contribution in [0.4, 0.5) is 0 Å². The third-order valence-electron chi connectivity index (χ3n) is 3.99. The van der Waals surface area contributed by atoms with Crippen molar-refractivity contribution < 1.29 is 19.8 Å². The standard InChI is InChI=1S/C16H14O4S/c17-15(18)14(16(19)20)13-10-4-2-1-3-9(10)5-6-12-11(13)7-8-21-12/h1-4,7-8,13-14H,5-6H2,(H,17,18)(H,19,20). The van der Waals surface area contributed by atoms with E-state index in [2.05, 4.69) is 0 Å². The van der Waals surface area contributed by atoms with Crippen LogP contribution in [0, 0.1) is 5.92 Å². The van der Waals surface area contributed by atoms with Gasteiger partial charge in [0.1, 0.15) is 0 Å². The fourth-order valence-corrected chi connectivity index (χ4v) is 3.99. The molecule has 0 saturated carbocycles. The number of rotatable bonds is 3. The molecule has 3 rings (SSSR count). The average molecular weight is 302 g/mol. The van der Waals surface area contributed by atoms with Gasteiger partial charge in [-0.15, -0.1) is 11.3 Å². The zero-order valence-electron chi connectivity index (χ0n) is 11.2. The van der Waals surface area contributed by atoms with E-state index in [0.717, 1.165) is 34.4 Å². The van der Waals surface area contributed by atoms with E-state index in [1.807, 2.05) is 35.7 Å². The number of carboxylic acid groups (broad SMARTS) is 2. The number of hydrogen-bond acceptors (Lipinski definition) is 3. The Morgan fingerprint density at radius 1 is 1.05 bits per heavy atom. The number of aliphatic carboxylic acids is 2. The van der Waals surface area contributed by atoms with Gasteiger partial charge in [-0.05, 0) is 41.0 Å². The van der Waals surface area contributed by atoms with Crippen molar-refractivity contribution >= 4 is 23.3 Å². The van der Waals surface area contributed by atoms with Gasteiger partial charge in [-0.2, -0.15) is 0 Å². The minimum absolute atomic E-state index is 0.625. The first-order valence-electron chi connectivity index (χ1n) is 6.69. The molecular weight excluding hydrogens is 288 g/mol. The zero-order chi connectivity index (χ0) is 15.0. The van der Waals surface area contributed by atoms with Crippen molar-refractivity contribution in [2.24, 2.45) is 5.92 Å². The van der Waals surface area contributed by atoms with Crippen molar-refractivity contribution in [3.05, 3.63) is 57.3 Å². The summed E-state index contributed by atoms with van der Waals surface area (Å²) in [6.07, 6.45) is 1.64. The molecule has 108 valence electrons. The molecule has 0 fully saturated rings. The number of thiophene rings is 1. The number of fused-ring (bicyclic) bond motifs is 2. The molecule has 2 N–H and O–H groups in total. The van der Waals surface area contributed by atoms with E-state index in [-0.39, 0.29) is 0 Å². The van der Waals surface area contributed by atoms with E-state index in [1.165, 1.54) is 0 Å². The molecule has 4 nitrogen and oxygen atoms in total. The lowest BCUT2D eigenvalue weighted by molar-refractivity contribution is -0.155. The van der Waals surface area contributed by atoms with Gasteiger partial charge in [0.25, 0.3) is 0 Å². The molecule has 0 radical (unpaired) electrons. The second-order valence-electron chi connectivity index (χ2n) is 5.13. The van der Waals surface area contributed by atoms with Crippen molar-refractivity contribution in [1.82, 2.24) is 0 Å². The lowest BCUT2D eigenvalue weighted by Crippen LogP contribution is -2.30. The van der Waals surface area contributed by atoms with Crippen LogP contribution in [0.2, 0.25) is 0 Å². The summed E-state index contributed by atoms with van der Waals surface area (Å²) in [6.45, 7) is 0. The first kappa shape index (κ1) is 13.8. The van der Waals surface area contributed by atoms with Crippen LogP contribution in [-0.4, -0.2) is 22.2 Å². The highest BCUT2D eigenvalue weighted by Gasteiger charge is 2.40. The van der Waals surface area contributed by atoms with Crippen LogP contribution in [0.25, 0.3) is 0 Å². The van der Waals surface area contributed by atoms with Crippen LogP contribution < -0.4 is 0 Å². The van der Waals surface area contributed by atoms with Crippen molar-refractivity contribution in [3.8, 4) is 0 Å². The summed E-state index contributed by atoms with van der Waals surface area (Å²) in [5, 5.41) is 20.7. The lowest BCUT2D eigenvalue weighted by Gasteiger charge is -2.22. The molecule has 21 heavy (non-hydrogen) atoms. The Balaban J connectivity index is 2.23. The molecule has 1 heterocycles. The van der Waals surface area contributed by atoms with Crippen LogP contribution in [0.5, 0.6) is 0 Å². The normalized spacial score (nSPS) is 16.9. The second kappa shape index (κ2) is 5.33. The average Bonchev–Trinajstić information content (AvgIpc) is 2.84. The molecule has 1 aliphatic carbocycles. The van der Waals surface area contributed by atoms with E-state index in [9.17, 15) is 19.8 Å². The molecule has 1 aromatic heterocycles. The van der Waals surface area contributed by atoms with Crippen molar-refractivity contribution in [2.45, 2.75) is 18.8 Å². The largest absolute Gasteiger partial charge is 0.481 e. The Kier molecular flexibility index (Phi) is 3.51. The maximum Gasteiger partial charge on any atom is 0.318 e. The lowest BCUT2D eigenvalue weighted by atomic mass is 9.80. The highest BCUT2D eigenvalue weighted by Crippen LogP contribution is 2.41. The Bertz CT molecular complexity index is 690. The van der Waals surface area contributed by atoms with E-state index < -0.39 is 23.8 Å². The number of hydrogen-bond donors (Lipinski definition) is 2. The van der Waals surface area contributed by atoms with E-state index in [0.29, 0.717) is 0 Å². The van der Waals surface area contributed by atoms with Crippen molar-refractivity contribution in [1.29, 1.82) is 0 Å². The van der Waals surface area contributed by atoms with Crippen LogP contribution in [-0.2, 0) is 22.4 Å². The van der Waals surface area contributed by atoms with Gasteiger partial charge in [-0.3, -0.25) is 9.59 Å². The summed E-state index contributed by atoms with van der Waals surface area (Å²) in [7, 11) is 0. The smallest absolute Gasteiger partial charge is 0.318 e. The molecule has 2 aromatic rings. The Morgan fingerprint density at radius 2 is 1.76 bits per heavy atom. The van der Waals surface area contributed by atoms with Gasteiger partial charge in [0, 0.05) is 10.8 Å². The minimum Gasteiger partial charge on any atom is -0.481 e. The first-order chi connectivity index (χ1) is 10.1. The van der Waals surface area contributed by atoms with Gasteiger partial charge in [0.2, 0.25) is 0 Å². The van der Waals surface area contributed by atoms with Gasteiger partial charge >= 0.3 is 11.9 Å². The maximum absolute atomic E-state index is 11.5. The molecule has 0 spiro atoms. The molecule has 5 heteroatoms. The second-order valence-corrected chi connectivity index (χ2v) is 6.13. The van der Waals surface area contributed by atoms with Crippen molar-refractivity contribution in [2.75, 3.05) is 0 Å². The molecule has 0 bridgehead atoms. The Hall–Kier alpha value is -2.14. The highest BCUT2D eigenvalue weighted by atomic mass is 32.1. The molecular formula is C16H14O4S. The third kappa shape index (κ3) is 2.34. The molecule has 1 aromatic carbocycles. The molecule has 0 amide bonds. The summed E-state index contributed by atoms with van der Waals surface area (Å²) >= 11 is 1.57. The molecule has 0 aliphatic heterocycles. The fourth-order valence-electron chi connectivity index (χ4n) is 3.06. The minimum atomic E-state index is -1.46. The van der Waals surface area contributed by atoms with Gasteiger partial charge in [0.15, 0.2) is 5.92 Å². The summed E-state index contributed by atoms with van der Waals surface area (Å²) in [4.78, 5) is 24.1.